The fourth-order valence-electron chi connectivity index (χ4n) is 4.08. The Morgan fingerprint density at radius 1 is 1.29 bits per heavy atom. The van der Waals surface area contributed by atoms with Gasteiger partial charge in [-0.05, 0) is 37.8 Å². The average Bonchev–Trinajstić information content (AvgIpc) is 3.62. The molecule has 5 rings (SSSR count). The Bertz CT molecular complexity index is 1440. The van der Waals surface area contributed by atoms with Gasteiger partial charge >= 0.3 is 7.82 Å². The number of nitrogens with one attached hydrogen (secondary N) is 1. The molecule has 1 fully saturated rings. The highest BCUT2D eigenvalue weighted by molar-refractivity contribution is 7.46. The fraction of sp³-hybridized carbons (Fsp3) is 0.348. The molecule has 0 unspecified atom stereocenters. The Balaban J connectivity index is 1.30. The topological polar surface area (TPSA) is 167 Å². The van der Waals surface area contributed by atoms with Crippen molar-refractivity contribution in [1.29, 1.82) is 0 Å². The van der Waals surface area contributed by atoms with Crippen LogP contribution in [0.3, 0.4) is 0 Å². The summed E-state index contributed by atoms with van der Waals surface area (Å²) < 4.78 is 24.0. The zero-order chi connectivity index (χ0) is 26.7. The van der Waals surface area contributed by atoms with Crippen molar-refractivity contribution < 1.29 is 28.4 Å². The highest BCUT2D eigenvalue weighted by atomic mass is 32.1. The number of hydrogen-bond acceptors (Lipinski definition) is 9. The van der Waals surface area contributed by atoms with Gasteiger partial charge in [-0.15, -0.1) is 11.3 Å². The second-order valence-corrected chi connectivity index (χ2v) is 10.8. The standard InChI is InChI=1S/C23H26N7O6PS/c1-2-35-12-15-7-17(8-15)30-11-19(21(28-30)18-5-3-4-6-24-18)26-22(31)20-13-38-23(27-20)16-9-25-29(10-16)14-36-37(32,33)34/h3-6,9-11,13,15,17H,2,7-8,12,14H2,1H3,(H,26,31)(H2,32,33,34). The van der Waals surface area contributed by atoms with Crippen LogP contribution in [0.4, 0.5) is 5.69 Å². The minimum atomic E-state index is -4.62. The maximum Gasteiger partial charge on any atom is 0.471 e. The molecule has 0 aromatic carbocycles. The SMILES string of the molecule is CCOCC1CC(n2cc(NC(=O)c3csc(-c4cnn(COP(=O)(O)O)c4)n3)c(-c3ccccn3)n2)C1. The number of amides is 1. The van der Waals surface area contributed by atoms with E-state index in [1.54, 1.807) is 11.6 Å². The highest BCUT2D eigenvalue weighted by Crippen LogP contribution is 2.39. The molecule has 200 valence electrons. The first-order chi connectivity index (χ1) is 18.3. The molecular weight excluding hydrogens is 533 g/mol. The van der Waals surface area contributed by atoms with Crippen LogP contribution in [0.25, 0.3) is 22.0 Å². The van der Waals surface area contributed by atoms with E-state index in [1.165, 1.54) is 28.4 Å². The Morgan fingerprint density at radius 3 is 2.87 bits per heavy atom. The Hall–Kier alpha value is -3.26. The Kier molecular flexibility index (Phi) is 7.79. The first kappa shape index (κ1) is 26.4. The molecule has 1 aliphatic rings. The monoisotopic (exact) mass is 559 g/mol. The molecular formula is C23H26N7O6PS. The van der Waals surface area contributed by atoms with Gasteiger partial charge < -0.3 is 19.8 Å². The van der Waals surface area contributed by atoms with Gasteiger partial charge in [0, 0.05) is 42.7 Å². The molecule has 38 heavy (non-hydrogen) atoms. The number of phosphoric acid groups is 1. The van der Waals surface area contributed by atoms with Crippen molar-refractivity contribution in [2.45, 2.75) is 32.5 Å². The normalized spacial score (nSPS) is 17.3. The zero-order valence-electron chi connectivity index (χ0n) is 20.4. The summed E-state index contributed by atoms with van der Waals surface area (Å²) in [6, 6.07) is 5.76. The number of anilines is 1. The number of pyridine rings is 1. The summed E-state index contributed by atoms with van der Waals surface area (Å²) >= 11 is 1.24. The molecule has 13 nitrogen and oxygen atoms in total. The summed E-state index contributed by atoms with van der Waals surface area (Å²) in [7, 11) is -4.62. The van der Waals surface area contributed by atoms with Crippen molar-refractivity contribution in [3.63, 3.8) is 0 Å². The second kappa shape index (κ2) is 11.2. The van der Waals surface area contributed by atoms with Crippen LogP contribution >= 0.6 is 19.2 Å². The molecule has 0 radical (unpaired) electrons. The van der Waals surface area contributed by atoms with Crippen LogP contribution in [-0.4, -0.2) is 58.4 Å². The molecule has 4 aromatic rings. The number of phosphoric ester groups is 1. The third-order valence-electron chi connectivity index (χ3n) is 6.01. The van der Waals surface area contributed by atoms with Crippen LogP contribution in [-0.2, 0) is 20.6 Å². The van der Waals surface area contributed by atoms with E-state index in [-0.39, 0.29) is 11.7 Å². The molecule has 1 saturated carbocycles. The summed E-state index contributed by atoms with van der Waals surface area (Å²) in [6.45, 7) is 3.01. The molecule has 0 bridgehead atoms. The van der Waals surface area contributed by atoms with Gasteiger partial charge in [-0.1, -0.05) is 6.07 Å². The van der Waals surface area contributed by atoms with Gasteiger partial charge in [-0.25, -0.2) is 14.2 Å². The first-order valence-corrected chi connectivity index (χ1v) is 14.3. The lowest BCUT2D eigenvalue weighted by Gasteiger charge is -2.35. The zero-order valence-corrected chi connectivity index (χ0v) is 22.1. The van der Waals surface area contributed by atoms with Crippen molar-refractivity contribution in [2.75, 3.05) is 18.5 Å². The Morgan fingerprint density at radius 2 is 2.13 bits per heavy atom. The molecule has 3 N–H and O–H groups in total. The van der Waals surface area contributed by atoms with Crippen LogP contribution in [0.2, 0.25) is 0 Å². The molecule has 1 aliphatic carbocycles. The Labute approximate surface area is 221 Å². The van der Waals surface area contributed by atoms with Crippen molar-refractivity contribution in [2.24, 2.45) is 5.92 Å². The van der Waals surface area contributed by atoms with E-state index in [1.807, 2.05) is 36.0 Å². The van der Waals surface area contributed by atoms with Gasteiger partial charge in [0.1, 0.15) is 16.4 Å². The fourth-order valence-corrected chi connectivity index (χ4v) is 5.12. The molecule has 4 heterocycles. The summed E-state index contributed by atoms with van der Waals surface area (Å²) in [5.41, 5.74) is 2.56. The van der Waals surface area contributed by atoms with Crippen LogP contribution in [0.1, 0.15) is 36.3 Å². The van der Waals surface area contributed by atoms with Crippen LogP contribution in [0.15, 0.2) is 48.4 Å². The molecule has 4 aromatic heterocycles. The number of ether oxygens (including phenoxy) is 1. The average molecular weight is 560 g/mol. The smallest absolute Gasteiger partial charge is 0.381 e. The van der Waals surface area contributed by atoms with Gasteiger partial charge in [0.05, 0.1) is 23.6 Å². The van der Waals surface area contributed by atoms with E-state index >= 15 is 0 Å². The van der Waals surface area contributed by atoms with Crippen molar-refractivity contribution >= 4 is 30.8 Å². The number of rotatable bonds is 11. The number of carbonyl (C=O) groups excluding carboxylic acids is 1. The van der Waals surface area contributed by atoms with E-state index in [4.69, 9.17) is 19.6 Å². The van der Waals surface area contributed by atoms with E-state index in [9.17, 15) is 9.36 Å². The van der Waals surface area contributed by atoms with Crippen LogP contribution < -0.4 is 5.32 Å². The second-order valence-electron chi connectivity index (χ2n) is 8.75. The van der Waals surface area contributed by atoms with Crippen LogP contribution in [0.5, 0.6) is 0 Å². The van der Waals surface area contributed by atoms with Gasteiger partial charge in [0.2, 0.25) is 0 Å². The minimum Gasteiger partial charge on any atom is -0.381 e. The minimum absolute atomic E-state index is 0.212. The summed E-state index contributed by atoms with van der Waals surface area (Å²) in [6.07, 6.45) is 8.43. The van der Waals surface area contributed by atoms with Crippen molar-refractivity contribution in [3.8, 4) is 22.0 Å². The molecule has 0 saturated heterocycles. The highest BCUT2D eigenvalue weighted by Gasteiger charge is 2.32. The lowest BCUT2D eigenvalue weighted by Crippen LogP contribution is -2.30. The van der Waals surface area contributed by atoms with E-state index in [2.05, 4.69) is 24.9 Å². The first-order valence-electron chi connectivity index (χ1n) is 11.9. The molecule has 0 atom stereocenters. The number of aromatic nitrogens is 6. The molecule has 0 spiro atoms. The van der Waals surface area contributed by atoms with E-state index < -0.39 is 20.5 Å². The van der Waals surface area contributed by atoms with Gasteiger partial charge in [0.25, 0.3) is 5.91 Å². The van der Waals surface area contributed by atoms with Crippen molar-refractivity contribution in [3.05, 3.63) is 54.1 Å². The predicted octanol–water partition coefficient (Wildman–Crippen LogP) is 3.57. The quantitative estimate of drug-likeness (QED) is 0.231. The number of thiazole rings is 1. The number of hydrogen-bond donors (Lipinski definition) is 3. The molecule has 15 heteroatoms. The summed E-state index contributed by atoms with van der Waals surface area (Å²) in [5.74, 6) is 0.103. The largest absolute Gasteiger partial charge is 0.471 e. The van der Waals surface area contributed by atoms with Gasteiger partial charge in [-0.3, -0.25) is 19.0 Å². The maximum absolute atomic E-state index is 13.1. The lowest BCUT2D eigenvalue weighted by molar-refractivity contribution is 0.0500. The third kappa shape index (κ3) is 6.23. The third-order valence-corrected chi connectivity index (χ3v) is 7.35. The van der Waals surface area contributed by atoms with Crippen molar-refractivity contribution in [1.82, 2.24) is 29.5 Å². The van der Waals surface area contributed by atoms with E-state index in [0.29, 0.717) is 40.2 Å². The summed E-state index contributed by atoms with van der Waals surface area (Å²) in [5, 5.41) is 13.8. The predicted molar refractivity (Wildman–Crippen MR) is 138 cm³/mol. The molecule has 0 aliphatic heterocycles. The van der Waals surface area contributed by atoms with E-state index in [0.717, 1.165) is 19.4 Å². The number of carbonyl (C=O) groups is 1. The maximum atomic E-state index is 13.1. The van der Waals surface area contributed by atoms with Gasteiger partial charge in [0.15, 0.2) is 6.73 Å². The lowest BCUT2D eigenvalue weighted by atomic mass is 9.81. The van der Waals surface area contributed by atoms with Gasteiger partial charge in [-0.2, -0.15) is 10.2 Å². The molecule has 1 amide bonds. The summed E-state index contributed by atoms with van der Waals surface area (Å²) in [4.78, 5) is 39.6. The van der Waals surface area contributed by atoms with Crippen LogP contribution in [0, 0.1) is 5.92 Å². The number of nitrogens with zero attached hydrogens (tertiary/aromatic N) is 6.